The Balaban J connectivity index is 1.72. The molecule has 4 atom stereocenters. The lowest BCUT2D eigenvalue weighted by Crippen LogP contribution is -2.62. The smallest absolute Gasteiger partial charge is 0.161 e. The Hall–Kier alpha value is -2.94. The third-order valence-corrected chi connectivity index (χ3v) is 6.51. The molecule has 0 radical (unpaired) electrons. The monoisotopic (exact) mass is 364 g/mol. The second-order valence-electron chi connectivity index (χ2n) is 7.74. The van der Waals surface area contributed by atoms with Crippen LogP contribution in [0.4, 0.5) is 0 Å². The molecule has 3 aromatic carbocycles. The van der Waals surface area contributed by atoms with Gasteiger partial charge in [0.15, 0.2) is 11.2 Å². The second-order valence-corrected chi connectivity index (χ2v) is 7.74. The van der Waals surface area contributed by atoms with E-state index in [-0.39, 0.29) is 11.8 Å². The summed E-state index contributed by atoms with van der Waals surface area (Å²) in [6, 6.07) is 29.5. The third kappa shape index (κ3) is 1.84. The van der Waals surface area contributed by atoms with Crippen LogP contribution in [0.5, 0.6) is 0 Å². The summed E-state index contributed by atoms with van der Waals surface area (Å²) in [5.41, 5.74) is 3.33. The zero-order valence-corrected chi connectivity index (χ0v) is 15.4. The summed E-state index contributed by atoms with van der Waals surface area (Å²) < 4.78 is 0. The van der Waals surface area contributed by atoms with Gasteiger partial charge < -0.3 is 0 Å². The molecule has 0 aromatic heterocycles. The van der Waals surface area contributed by atoms with Crippen LogP contribution in [0, 0.1) is 11.8 Å². The fourth-order valence-electron chi connectivity index (χ4n) is 5.37. The molecule has 2 nitrogen and oxygen atoms in total. The van der Waals surface area contributed by atoms with Crippen LogP contribution in [0.25, 0.3) is 0 Å². The lowest BCUT2D eigenvalue weighted by Gasteiger charge is -2.60. The Kier molecular flexibility index (Phi) is 3.31. The fraction of sp³-hybridized carbons (Fsp3) is 0.154. The maximum Gasteiger partial charge on any atom is 0.161 e. The molecule has 4 unspecified atom stereocenters. The Morgan fingerprint density at radius 2 is 0.893 bits per heavy atom. The van der Waals surface area contributed by atoms with Crippen LogP contribution < -0.4 is 0 Å². The van der Waals surface area contributed by atoms with Crippen LogP contribution in [0.1, 0.15) is 22.3 Å². The molecule has 136 valence electrons. The molecule has 2 heteroatoms. The van der Waals surface area contributed by atoms with Gasteiger partial charge in [0.2, 0.25) is 0 Å². The molecule has 2 aliphatic heterocycles. The molecule has 1 fully saturated rings. The average molecular weight is 364 g/mol. The predicted octanol–water partition coefficient (Wildman–Crippen LogP) is 5.51. The summed E-state index contributed by atoms with van der Waals surface area (Å²) >= 11 is 0. The molecule has 3 aromatic rings. The number of hydrogen-bond donors (Lipinski definition) is 0. The molecule has 1 saturated heterocycles. The lowest BCUT2D eigenvalue weighted by atomic mass is 9.54. The molecule has 4 aliphatic rings. The van der Waals surface area contributed by atoms with Crippen LogP contribution >= 0.6 is 0 Å². The summed E-state index contributed by atoms with van der Waals surface area (Å²) in [6.07, 6.45) is 8.84. The Labute approximate surface area is 164 Å². The molecule has 2 heterocycles. The first-order valence-corrected chi connectivity index (χ1v) is 9.80. The van der Waals surface area contributed by atoms with E-state index in [2.05, 4.69) is 97.1 Å². The topological polar surface area (TPSA) is 18.5 Å². The van der Waals surface area contributed by atoms with E-state index in [1.165, 1.54) is 11.1 Å². The highest BCUT2D eigenvalue weighted by atomic mass is 17.2. The molecular formula is C26H20O2. The van der Waals surface area contributed by atoms with Crippen molar-refractivity contribution in [1.82, 2.24) is 0 Å². The molecule has 0 N–H and O–H groups in total. The van der Waals surface area contributed by atoms with E-state index in [4.69, 9.17) is 9.78 Å². The van der Waals surface area contributed by atoms with Crippen molar-refractivity contribution in [1.29, 1.82) is 0 Å². The summed E-state index contributed by atoms with van der Waals surface area (Å²) in [7, 11) is 0. The van der Waals surface area contributed by atoms with Gasteiger partial charge in [-0.25, -0.2) is 9.78 Å². The highest BCUT2D eigenvalue weighted by Gasteiger charge is 2.66. The largest absolute Gasteiger partial charge is 0.218 e. The molecule has 2 aliphatic carbocycles. The van der Waals surface area contributed by atoms with Gasteiger partial charge in [0.05, 0.1) is 0 Å². The van der Waals surface area contributed by atoms with Gasteiger partial charge in [-0.2, -0.15) is 0 Å². The minimum Gasteiger partial charge on any atom is -0.218 e. The van der Waals surface area contributed by atoms with E-state index in [0.29, 0.717) is 0 Å². The maximum atomic E-state index is 6.42. The van der Waals surface area contributed by atoms with Gasteiger partial charge in [-0.1, -0.05) is 109 Å². The minimum atomic E-state index is -0.652. The van der Waals surface area contributed by atoms with Gasteiger partial charge in [0.25, 0.3) is 0 Å². The Morgan fingerprint density at radius 1 is 0.500 bits per heavy atom. The van der Waals surface area contributed by atoms with Crippen molar-refractivity contribution in [2.24, 2.45) is 11.8 Å². The van der Waals surface area contributed by atoms with Gasteiger partial charge >= 0.3 is 0 Å². The minimum absolute atomic E-state index is 0.142. The molecule has 28 heavy (non-hydrogen) atoms. The van der Waals surface area contributed by atoms with Crippen LogP contribution in [-0.4, -0.2) is 0 Å². The molecule has 2 bridgehead atoms. The first-order chi connectivity index (χ1) is 13.9. The van der Waals surface area contributed by atoms with Crippen molar-refractivity contribution in [3.8, 4) is 0 Å². The molecule has 0 amide bonds. The van der Waals surface area contributed by atoms with Gasteiger partial charge in [-0.15, -0.1) is 0 Å². The number of rotatable bonds is 2. The first kappa shape index (κ1) is 16.1. The number of hydrogen-bond acceptors (Lipinski definition) is 2. The zero-order valence-electron chi connectivity index (χ0n) is 15.4. The lowest BCUT2D eigenvalue weighted by molar-refractivity contribution is -0.464. The predicted molar refractivity (Wildman–Crippen MR) is 108 cm³/mol. The zero-order chi connectivity index (χ0) is 18.6. The van der Waals surface area contributed by atoms with E-state index in [1.807, 2.05) is 12.1 Å². The standard InChI is InChI=1S/C26H20O2/c1-3-11-19(12-4-1)25-21-15-7-9-17-23(21)26(28-27-25,20-13-5-2-6-14-20)24-18-10-8-16-22(24)25/h1-18,21,23H. The molecule has 0 spiro atoms. The fourth-order valence-corrected chi connectivity index (χ4v) is 5.37. The van der Waals surface area contributed by atoms with Crippen molar-refractivity contribution < 1.29 is 9.78 Å². The van der Waals surface area contributed by atoms with Crippen LogP contribution in [0.3, 0.4) is 0 Å². The van der Waals surface area contributed by atoms with Crippen molar-refractivity contribution >= 4 is 0 Å². The van der Waals surface area contributed by atoms with Crippen LogP contribution in [0.15, 0.2) is 109 Å². The van der Waals surface area contributed by atoms with E-state index in [9.17, 15) is 0 Å². The third-order valence-electron chi connectivity index (χ3n) is 6.51. The van der Waals surface area contributed by atoms with E-state index in [1.54, 1.807) is 0 Å². The highest BCUT2D eigenvalue weighted by molar-refractivity contribution is 5.56. The van der Waals surface area contributed by atoms with Gasteiger partial charge in [-0.05, 0) is 22.3 Å². The summed E-state index contributed by atoms with van der Waals surface area (Å²) in [6.45, 7) is 0. The summed E-state index contributed by atoms with van der Waals surface area (Å²) in [5.74, 6) is 0.285. The Morgan fingerprint density at radius 3 is 1.32 bits per heavy atom. The summed E-state index contributed by atoms with van der Waals surface area (Å²) in [4.78, 5) is 12.8. The number of fused-ring (bicyclic) bond motifs is 1. The average Bonchev–Trinajstić information content (AvgIpc) is 2.80. The molecule has 0 saturated carbocycles. The van der Waals surface area contributed by atoms with Crippen molar-refractivity contribution in [2.75, 3.05) is 0 Å². The quantitative estimate of drug-likeness (QED) is 0.559. The van der Waals surface area contributed by atoms with E-state index >= 15 is 0 Å². The second kappa shape index (κ2) is 5.78. The van der Waals surface area contributed by atoms with Gasteiger partial charge in [0, 0.05) is 11.8 Å². The maximum absolute atomic E-state index is 6.42. The van der Waals surface area contributed by atoms with E-state index in [0.717, 1.165) is 11.1 Å². The molecule has 7 rings (SSSR count). The van der Waals surface area contributed by atoms with Crippen molar-refractivity contribution in [3.05, 3.63) is 131 Å². The first-order valence-electron chi connectivity index (χ1n) is 9.80. The molecular weight excluding hydrogens is 344 g/mol. The van der Waals surface area contributed by atoms with Gasteiger partial charge in [-0.3, -0.25) is 0 Å². The SMILES string of the molecule is C1=CC2C(C=C1)C1(c3ccccc3)OOC2(c2ccccc2)c2ccccc21. The number of allylic oxidation sites excluding steroid dienone is 2. The Bertz CT molecular complexity index is 997. The van der Waals surface area contributed by atoms with Crippen molar-refractivity contribution in [3.63, 3.8) is 0 Å². The van der Waals surface area contributed by atoms with Crippen LogP contribution in [0.2, 0.25) is 0 Å². The summed E-state index contributed by atoms with van der Waals surface area (Å²) in [5, 5.41) is 0. The van der Waals surface area contributed by atoms with Gasteiger partial charge in [0.1, 0.15) is 0 Å². The normalized spacial score (nSPS) is 32.0. The number of benzene rings is 3. The van der Waals surface area contributed by atoms with Crippen molar-refractivity contribution in [2.45, 2.75) is 11.2 Å². The van der Waals surface area contributed by atoms with Crippen LogP contribution in [-0.2, 0) is 21.0 Å². The highest BCUT2D eigenvalue weighted by Crippen LogP contribution is 2.64. The van der Waals surface area contributed by atoms with E-state index < -0.39 is 11.2 Å².